The Morgan fingerprint density at radius 3 is 2.75 bits per heavy atom. The predicted molar refractivity (Wildman–Crippen MR) is 118 cm³/mol. The number of benzene rings is 1. The lowest BCUT2D eigenvalue weighted by molar-refractivity contribution is -0.00837. The zero-order valence-corrected chi connectivity index (χ0v) is 18.4. The lowest BCUT2D eigenvalue weighted by Crippen LogP contribution is -2.49. The quantitative estimate of drug-likeness (QED) is 0.578. The van der Waals surface area contributed by atoms with Gasteiger partial charge < -0.3 is 19.7 Å². The average Bonchev–Trinajstić information content (AvgIpc) is 2.72. The van der Waals surface area contributed by atoms with Crippen molar-refractivity contribution < 1.29 is 9.47 Å². The molecule has 1 unspecified atom stereocenters. The number of nitrogens with one attached hydrogen (secondary N) is 1. The van der Waals surface area contributed by atoms with Gasteiger partial charge in [-0.05, 0) is 43.6 Å². The molecular formula is C22H35N3O2S. The summed E-state index contributed by atoms with van der Waals surface area (Å²) in [6.07, 6.45) is 2.27. The summed E-state index contributed by atoms with van der Waals surface area (Å²) in [5.74, 6) is 2.14. The number of ether oxygens (including phenoxy) is 2. The van der Waals surface area contributed by atoms with E-state index in [1.807, 2.05) is 11.8 Å². The molecule has 6 heteroatoms. The molecule has 0 radical (unpaired) electrons. The van der Waals surface area contributed by atoms with Crippen LogP contribution in [-0.2, 0) is 9.47 Å². The van der Waals surface area contributed by atoms with Crippen molar-refractivity contribution in [3.05, 3.63) is 35.4 Å². The molecule has 2 saturated heterocycles. The van der Waals surface area contributed by atoms with Crippen LogP contribution in [0.5, 0.6) is 0 Å². The van der Waals surface area contributed by atoms with Crippen molar-refractivity contribution in [1.82, 2.24) is 10.2 Å². The van der Waals surface area contributed by atoms with E-state index in [4.69, 9.17) is 14.5 Å². The Morgan fingerprint density at radius 1 is 1.25 bits per heavy atom. The zero-order valence-electron chi connectivity index (χ0n) is 17.6. The summed E-state index contributed by atoms with van der Waals surface area (Å²) in [7, 11) is 0. The third-order valence-electron chi connectivity index (χ3n) is 5.61. The number of aryl methyl sites for hydroxylation is 1. The number of hydrogen-bond acceptors (Lipinski definition) is 4. The monoisotopic (exact) mass is 405 g/mol. The van der Waals surface area contributed by atoms with Gasteiger partial charge in [0.2, 0.25) is 0 Å². The van der Waals surface area contributed by atoms with Crippen LogP contribution in [0.4, 0.5) is 0 Å². The molecule has 28 heavy (non-hydrogen) atoms. The molecule has 0 aliphatic carbocycles. The molecule has 2 fully saturated rings. The maximum atomic E-state index is 6.11. The number of guanidine groups is 1. The third kappa shape index (κ3) is 5.43. The van der Waals surface area contributed by atoms with E-state index < -0.39 is 0 Å². The van der Waals surface area contributed by atoms with Crippen LogP contribution in [0, 0.1) is 6.92 Å². The fourth-order valence-electron chi connectivity index (χ4n) is 4.02. The van der Waals surface area contributed by atoms with Gasteiger partial charge in [0.05, 0.1) is 19.7 Å². The Hall–Kier alpha value is -1.24. The van der Waals surface area contributed by atoms with Crippen LogP contribution in [0.15, 0.2) is 29.3 Å². The van der Waals surface area contributed by atoms with Crippen molar-refractivity contribution in [2.45, 2.75) is 44.5 Å². The number of morpholine rings is 1. The van der Waals surface area contributed by atoms with Crippen LogP contribution >= 0.6 is 11.8 Å². The first-order chi connectivity index (χ1) is 13.7. The van der Waals surface area contributed by atoms with Gasteiger partial charge in [0, 0.05) is 31.1 Å². The van der Waals surface area contributed by atoms with E-state index in [9.17, 15) is 0 Å². The summed E-state index contributed by atoms with van der Waals surface area (Å²) in [4.78, 5) is 7.47. The summed E-state index contributed by atoms with van der Waals surface area (Å²) >= 11 is 2.05. The summed E-state index contributed by atoms with van der Waals surface area (Å²) in [6, 6.07) is 8.53. The molecule has 0 bridgehead atoms. The molecule has 3 rings (SSSR count). The number of nitrogens with zero attached hydrogens (tertiary/aromatic N) is 2. The number of aliphatic imine (C=N–C) groups is 1. The van der Waals surface area contributed by atoms with E-state index in [-0.39, 0.29) is 10.9 Å². The lowest BCUT2D eigenvalue weighted by atomic mass is 9.99. The smallest absolute Gasteiger partial charge is 0.194 e. The van der Waals surface area contributed by atoms with Crippen LogP contribution in [0.1, 0.15) is 43.9 Å². The third-order valence-corrected chi connectivity index (χ3v) is 7.05. The van der Waals surface area contributed by atoms with E-state index in [0.29, 0.717) is 0 Å². The molecule has 1 aromatic carbocycles. The summed E-state index contributed by atoms with van der Waals surface area (Å²) < 4.78 is 11.9. The molecule has 0 amide bonds. The maximum Gasteiger partial charge on any atom is 0.194 e. The van der Waals surface area contributed by atoms with Crippen LogP contribution in [0.2, 0.25) is 0 Å². The highest BCUT2D eigenvalue weighted by Crippen LogP contribution is 2.36. The van der Waals surface area contributed by atoms with Gasteiger partial charge in [-0.2, -0.15) is 11.8 Å². The Kier molecular flexibility index (Phi) is 8.06. The minimum Gasteiger partial charge on any atom is -0.381 e. The van der Waals surface area contributed by atoms with E-state index in [1.54, 1.807) is 0 Å². The van der Waals surface area contributed by atoms with E-state index >= 15 is 0 Å². The highest BCUT2D eigenvalue weighted by molar-refractivity contribution is 8.00. The van der Waals surface area contributed by atoms with Crippen molar-refractivity contribution in [2.24, 2.45) is 4.99 Å². The molecule has 2 aliphatic heterocycles. The fraction of sp³-hybridized carbons (Fsp3) is 0.682. The summed E-state index contributed by atoms with van der Waals surface area (Å²) in [6.45, 7) is 12.4. The SMILES string of the molecule is CCNC(=NCC1(SCC)CCOCC1)N1CCOC(c2ccccc2C)C1. The number of hydrogen-bond donors (Lipinski definition) is 1. The Balaban J connectivity index is 1.73. The van der Waals surface area contributed by atoms with Gasteiger partial charge in [0.1, 0.15) is 6.10 Å². The van der Waals surface area contributed by atoms with Gasteiger partial charge in [-0.15, -0.1) is 0 Å². The second-order valence-corrected chi connectivity index (χ2v) is 9.29. The largest absolute Gasteiger partial charge is 0.381 e. The predicted octanol–water partition coefficient (Wildman–Crippen LogP) is 3.64. The van der Waals surface area contributed by atoms with E-state index in [0.717, 1.165) is 70.6 Å². The Bertz CT molecular complexity index is 641. The molecule has 0 spiro atoms. The standard InChI is InChI=1S/C22H35N3O2S/c1-4-23-21(24-17-22(28-5-2)10-13-26-14-11-22)25-12-15-27-20(16-25)19-9-7-6-8-18(19)3/h6-9,20H,4-5,10-17H2,1-3H3,(H,23,24). The van der Waals surface area contributed by atoms with Gasteiger partial charge in [-0.1, -0.05) is 31.2 Å². The molecule has 5 nitrogen and oxygen atoms in total. The normalized spacial score (nSPS) is 22.9. The highest BCUT2D eigenvalue weighted by atomic mass is 32.2. The molecule has 2 aliphatic rings. The van der Waals surface area contributed by atoms with E-state index in [1.165, 1.54) is 11.1 Å². The van der Waals surface area contributed by atoms with Crippen molar-refractivity contribution >= 4 is 17.7 Å². The molecule has 1 aromatic rings. The number of thioether (sulfide) groups is 1. The van der Waals surface area contributed by atoms with E-state index in [2.05, 4.69) is 55.3 Å². The van der Waals surface area contributed by atoms with Gasteiger partial charge >= 0.3 is 0 Å². The minimum absolute atomic E-state index is 0.0980. The molecule has 0 saturated carbocycles. The van der Waals surface area contributed by atoms with Gasteiger partial charge in [0.15, 0.2) is 5.96 Å². The Labute approximate surface area is 174 Å². The van der Waals surface area contributed by atoms with Gasteiger partial charge in [-0.3, -0.25) is 4.99 Å². The minimum atomic E-state index is 0.0980. The fourth-order valence-corrected chi connectivity index (χ4v) is 5.24. The first kappa shape index (κ1) is 21.5. The average molecular weight is 406 g/mol. The lowest BCUT2D eigenvalue weighted by Gasteiger charge is -2.38. The van der Waals surface area contributed by atoms with Crippen LogP contribution in [0.3, 0.4) is 0 Å². The van der Waals surface area contributed by atoms with Crippen LogP contribution in [0.25, 0.3) is 0 Å². The zero-order chi connectivity index (χ0) is 19.8. The van der Waals surface area contributed by atoms with Gasteiger partial charge in [0.25, 0.3) is 0 Å². The molecule has 1 atom stereocenters. The Morgan fingerprint density at radius 2 is 2.04 bits per heavy atom. The second-order valence-electron chi connectivity index (χ2n) is 7.56. The van der Waals surface area contributed by atoms with Crippen molar-refractivity contribution in [3.8, 4) is 0 Å². The molecule has 2 heterocycles. The van der Waals surface area contributed by atoms with Crippen LogP contribution < -0.4 is 5.32 Å². The molecule has 156 valence electrons. The molecular weight excluding hydrogens is 370 g/mol. The first-order valence-corrected chi connectivity index (χ1v) is 11.6. The van der Waals surface area contributed by atoms with Crippen LogP contribution in [-0.4, -0.2) is 67.4 Å². The number of rotatable bonds is 6. The second kappa shape index (κ2) is 10.5. The topological polar surface area (TPSA) is 46.1 Å². The first-order valence-electron chi connectivity index (χ1n) is 10.6. The highest BCUT2D eigenvalue weighted by Gasteiger charge is 2.33. The maximum absolute atomic E-state index is 6.11. The summed E-state index contributed by atoms with van der Waals surface area (Å²) in [5.41, 5.74) is 2.57. The summed E-state index contributed by atoms with van der Waals surface area (Å²) in [5, 5.41) is 3.52. The van der Waals surface area contributed by atoms with Crippen molar-refractivity contribution in [1.29, 1.82) is 0 Å². The van der Waals surface area contributed by atoms with Gasteiger partial charge in [-0.25, -0.2) is 0 Å². The van der Waals surface area contributed by atoms with Crippen molar-refractivity contribution in [3.63, 3.8) is 0 Å². The molecule has 1 N–H and O–H groups in total. The van der Waals surface area contributed by atoms with Crippen molar-refractivity contribution in [2.75, 3.05) is 51.8 Å². The molecule has 0 aromatic heterocycles.